The topological polar surface area (TPSA) is 41.3 Å². The maximum absolute atomic E-state index is 5.89. The van der Waals surface area contributed by atoms with Crippen molar-refractivity contribution in [3.05, 3.63) is 23.8 Å². The van der Waals surface area contributed by atoms with Gasteiger partial charge in [0.15, 0.2) is 0 Å². The number of benzene rings is 1. The van der Waals surface area contributed by atoms with Gasteiger partial charge in [-0.05, 0) is 38.3 Å². The fraction of sp³-hybridized carbons (Fsp3) is 0.562. The van der Waals surface area contributed by atoms with E-state index in [-0.39, 0.29) is 0 Å². The molecule has 3 N–H and O–H groups in total. The number of thioether (sulfide) groups is 1. The number of rotatable bonds is 7. The van der Waals surface area contributed by atoms with Gasteiger partial charge in [-0.15, -0.1) is 11.8 Å². The number of nitrogens with one attached hydrogen (secondary N) is 1. The molecule has 2 rings (SSSR count). The minimum atomic E-state index is 0.464. The summed E-state index contributed by atoms with van der Waals surface area (Å²) >= 11 is 6.89. The molecule has 1 fully saturated rings. The highest BCUT2D eigenvalue weighted by molar-refractivity contribution is 7.98. The summed E-state index contributed by atoms with van der Waals surface area (Å²) in [5, 5.41) is 3.50. The zero-order valence-corrected chi connectivity index (χ0v) is 14.5. The van der Waals surface area contributed by atoms with E-state index in [0.29, 0.717) is 4.99 Å². The van der Waals surface area contributed by atoms with Gasteiger partial charge in [0, 0.05) is 35.3 Å². The Hall–Kier alpha value is -0.780. The van der Waals surface area contributed by atoms with Gasteiger partial charge in [-0.2, -0.15) is 0 Å². The first-order valence-electron chi connectivity index (χ1n) is 7.54. The molecule has 1 aliphatic carbocycles. The molecule has 3 nitrogen and oxygen atoms in total. The second-order valence-corrected chi connectivity index (χ2v) is 6.88. The average molecular weight is 324 g/mol. The Kier molecular flexibility index (Phi) is 6.33. The van der Waals surface area contributed by atoms with Crippen LogP contribution in [0.5, 0.6) is 0 Å². The van der Waals surface area contributed by atoms with Gasteiger partial charge >= 0.3 is 0 Å². The molecule has 0 saturated heterocycles. The maximum Gasteiger partial charge on any atom is 0.107 e. The quantitative estimate of drug-likeness (QED) is 0.595. The van der Waals surface area contributed by atoms with Crippen molar-refractivity contribution in [2.45, 2.75) is 36.6 Å². The van der Waals surface area contributed by atoms with Crippen molar-refractivity contribution >= 4 is 34.7 Å². The SMILES string of the molecule is CSc1cccc(NCCN(C)C2CCCC2)c1C(N)=S. The van der Waals surface area contributed by atoms with Crippen molar-refractivity contribution in [3.63, 3.8) is 0 Å². The molecule has 1 aromatic rings. The number of hydrogen-bond acceptors (Lipinski definition) is 4. The molecule has 0 unspecified atom stereocenters. The van der Waals surface area contributed by atoms with E-state index in [4.69, 9.17) is 18.0 Å². The summed E-state index contributed by atoms with van der Waals surface area (Å²) in [5.74, 6) is 0. The maximum atomic E-state index is 5.89. The van der Waals surface area contributed by atoms with Crippen molar-refractivity contribution < 1.29 is 0 Å². The molecule has 1 saturated carbocycles. The molecule has 0 heterocycles. The van der Waals surface area contributed by atoms with Crippen LogP contribution in [0, 0.1) is 0 Å². The van der Waals surface area contributed by atoms with Gasteiger partial charge in [0.1, 0.15) is 4.99 Å². The molecule has 21 heavy (non-hydrogen) atoms. The Morgan fingerprint density at radius 1 is 1.43 bits per heavy atom. The summed E-state index contributed by atoms with van der Waals surface area (Å²) in [6, 6.07) is 6.94. The third-order valence-corrected chi connectivity index (χ3v) is 5.20. The molecule has 5 heteroatoms. The highest BCUT2D eigenvalue weighted by Gasteiger charge is 2.19. The first-order chi connectivity index (χ1) is 10.1. The van der Waals surface area contributed by atoms with Crippen molar-refractivity contribution in [1.82, 2.24) is 4.90 Å². The normalized spacial score (nSPS) is 15.6. The van der Waals surface area contributed by atoms with E-state index in [1.165, 1.54) is 25.7 Å². The molecular formula is C16H25N3S2. The molecule has 0 spiro atoms. The van der Waals surface area contributed by atoms with Crippen LogP contribution in [0.25, 0.3) is 0 Å². The summed E-state index contributed by atoms with van der Waals surface area (Å²) < 4.78 is 0. The number of anilines is 1. The van der Waals surface area contributed by atoms with Gasteiger partial charge in [0.25, 0.3) is 0 Å². The van der Waals surface area contributed by atoms with Crippen molar-refractivity contribution in [3.8, 4) is 0 Å². The van der Waals surface area contributed by atoms with Gasteiger partial charge in [-0.3, -0.25) is 0 Å². The fourth-order valence-corrected chi connectivity index (χ4v) is 3.92. The van der Waals surface area contributed by atoms with Crippen LogP contribution in [0.4, 0.5) is 5.69 Å². The molecule has 0 aromatic heterocycles. The predicted molar refractivity (Wildman–Crippen MR) is 97.5 cm³/mol. The third kappa shape index (κ3) is 4.34. The van der Waals surface area contributed by atoms with E-state index in [1.807, 2.05) is 0 Å². The van der Waals surface area contributed by atoms with E-state index in [0.717, 1.165) is 35.3 Å². The van der Waals surface area contributed by atoms with E-state index < -0.39 is 0 Å². The van der Waals surface area contributed by atoms with E-state index >= 15 is 0 Å². The van der Waals surface area contributed by atoms with Crippen LogP contribution >= 0.6 is 24.0 Å². The zero-order chi connectivity index (χ0) is 15.2. The zero-order valence-electron chi connectivity index (χ0n) is 12.9. The second kappa shape index (κ2) is 8.01. The number of hydrogen-bond donors (Lipinski definition) is 2. The number of likely N-dealkylation sites (N-methyl/N-ethyl adjacent to an activating group) is 1. The lowest BCUT2D eigenvalue weighted by Crippen LogP contribution is -2.33. The summed E-state index contributed by atoms with van der Waals surface area (Å²) in [7, 11) is 2.23. The van der Waals surface area contributed by atoms with Crippen molar-refractivity contribution in [2.24, 2.45) is 5.73 Å². The van der Waals surface area contributed by atoms with Gasteiger partial charge < -0.3 is 16.0 Å². The van der Waals surface area contributed by atoms with Gasteiger partial charge in [0.2, 0.25) is 0 Å². The monoisotopic (exact) mass is 323 g/mol. The molecule has 0 radical (unpaired) electrons. The lowest BCUT2D eigenvalue weighted by Gasteiger charge is -2.24. The second-order valence-electron chi connectivity index (χ2n) is 5.59. The Morgan fingerprint density at radius 2 is 2.14 bits per heavy atom. The van der Waals surface area contributed by atoms with Crippen LogP contribution < -0.4 is 11.1 Å². The number of thiocarbonyl (C=S) groups is 1. The minimum absolute atomic E-state index is 0.464. The van der Waals surface area contributed by atoms with Crippen LogP contribution in [0.15, 0.2) is 23.1 Å². The van der Waals surface area contributed by atoms with E-state index in [1.54, 1.807) is 11.8 Å². The molecule has 0 atom stereocenters. The number of nitrogens with zero attached hydrogens (tertiary/aromatic N) is 1. The Labute approximate surface area is 137 Å². The van der Waals surface area contributed by atoms with Crippen LogP contribution in [0.3, 0.4) is 0 Å². The molecule has 0 aliphatic heterocycles. The molecule has 1 aromatic carbocycles. The Bertz CT molecular complexity index is 484. The summed E-state index contributed by atoms with van der Waals surface area (Å²) in [6.07, 6.45) is 7.50. The molecular weight excluding hydrogens is 298 g/mol. The average Bonchev–Trinajstić information content (AvgIpc) is 3.00. The lowest BCUT2D eigenvalue weighted by molar-refractivity contribution is 0.254. The smallest absolute Gasteiger partial charge is 0.107 e. The summed E-state index contributed by atoms with van der Waals surface area (Å²) in [4.78, 5) is 4.07. The van der Waals surface area contributed by atoms with Crippen molar-refractivity contribution in [1.29, 1.82) is 0 Å². The standard InChI is InChI=1S/C16H25N3S2/c1-19(12-6-3-4-7-12)11-10-18-13-8-5-9-14(21-2)15(13)16(17)20/h5,8-9,12,18H,3-4,6-7,10-11H2,1-2H3,(H2,17,20). The Morgan fingerprint density at radius 3 is 2.76 bits per heavy atom. The summed E-state index contributed by atoms with van der Waals surface area (Å²) in [6.45, 7) is 1.96. The van der Waals surface area contributed by atoms with Gasteiger partial charge in [-0.25, -0.2) is 0 Å². The van der Waals surface area contributed by atoms with E-state index in [2.05, 4.69) is 41.7 Å². The Balaban J connectivity index is 1.95. The van der Waals surface area contributed by atoms with E-state index in [9.17, 15) is 0 Å². The first-order valence-corrected chi connectivity index (χ1v) is 9.17. The highest BCUT2D eigenvalue weighted by atomic mass is 32.2. The first kappa shape index (κ1) is 16.6. The predicted octanol–water partition coefficient (Wildman–Crippen LogP) is 3.33. The fourth-order valence-electron chi connectivity index (χ4n) is 3.00. The van der Waals surface area contributed by atoms with Crippen LogP contribution in [0.2, 0.25) is 0 Å². The molecule has 0 amide bonds. The highest BCUT2D eigenvalue weighted by Crippen LogP contribution is 2.27. The van der Waals surface area contributed by atoms with Crippen molar-refractivity contribution in [2.75, 3.05) is 31.7 Å². The van der Waals surface area contributed by atoms with Crippen LogP contribution in [0.1, 0.15) is 31.2 Å². The van der Waals surface area contributed by atoms with Crippen LogP contribution in [-0.2, 0) is 0 Å². The molecule has 116 valence electrons. The molecule has 0 bridgehead atoms. The minimum Gasteiger partial charge on any atom is -0.389 e. The van der Waals surface area contributed by atoms with Gasteiger partial charge in [0.05, 0.1) is 0 Å². The lowest BCUT2D eigenvalue weighted by atomic mass is 10.1. The third-order valence-electron chi connectivity index (χ3n) is 4.22. The van der Waals surface area contributed by atoms with Crippen LogP contribution in [-0.4, -0.2) is 42.3 Å². The van der Waals surface area contributed by atoms with Gasteiger partial charge in [-0.1, -0.05) is 31.1 Å². The summed E-state index contributed by atoms with van der Waals surface area (Å²) in [5.41, 5.74) is 7.92. The number of nitrogens with two attached hydrogens (primary N) is 1. The molecule has 1 aliphatic rings. The largest absolute Gasteiger partial charge is 0.389 e.